The normalized spacial score (nSPS) is 15.4. The molecule has 0 radical (unpaired) electrons. The molecule has 1 aliphatic carbocycles. The second kappa shape index (κ2) is 7.42. The zero-order chi connectivity index (χ0) is 17.9. The Kier molecular flexibility index (Phi) is 5.74. The van der Waals surface area contributed by atoms with Gasteiger partial charge in [-0.25, -0.2) is 0 Å². The van der Waals surface area contributed by atoms with Crippen molar-refractivity contribution < 1.29 is 22.8 Å². The first kappa shape index (κ1) is 18.6. The van der Waals surface area contributed by atoms with Crippen molar-refractivity contribution in [2.24, 2.45) is 0 Å². The molecule has 0 unspecified atom stereocenters. The first-order valence-electron chi connectivity index (χ1n) is 7.62. The van der Waals surface area contributed by atoms with E-state index in [2.05, 4.69) is 5.32 Å². The summed E-state index contributed by atoms with van der Waals surface area (Å²) in [5.41, 5.74) is -1.02. The Morgan fingerprint density at radius 1 is 1.29 bits per heavy atom. The number of hydrogen-bond acceptors (Lipinski definition) is 2. The second-order valence-electron chi connectivity index (χ2n) is 5.83. The predicted octanol–water partition coefficient (Wildman–Crippen LogP) is 4.09. The maximum Gasteiger partial charge on any atom is 0.416 e. The Balaban J connectivity index is 2.09. The molecule has 0 atom stereocenters. The van der Waals surface area contributed by atoms with Gasteiger partial charge in [0, 0.05) is 13.0 Å². The zero-order valence-corrected chi connectivity index (χ0v) is 13.9. The maximum absolute atomic E-state index is 12.7. The number of carbonyl (C=O) groups is 2. The van der Waals surface area contributed by atoms with Gasteiger partial charge in [0.1, 0.15) is 6.54 Å². The van der Waals surface area contributed by atoms with Crippen LogP contribution in [0, 0.1) is 0 Å². The molecule has 1 aromatic rings. The molecule has 2 amide bonds. The molecule has 0 aromatic heterocycles. The second-order valence-corrected chi connectivity index (χ2v) is 6.23. The standard InChI is InChI=1S/C16H18ClF3N2O2/c1-10(23)22(12-4-2-3-5-12)9-15(24)21-14-8-11(16(18,19)20)6-7-13(14)17/h6-8,12H,2-5,9H2,1H3,(H,21,24). The van der Waals surface area contributed by atoms with Crippen LogP contribution in [0.25, 0.3) is 0 Å². The summed E-state index contributed by atoms with van der Waals surface area (Å²) >= 11 is 5.85. The summed E-state index contributed by atoms with van der Waals surface area (Å²) in [6.07, 6.45) is -0.876. The highest BCUT2D eigenvalue weighted by Crippen LogP contribution is 2.33. The summed E-state index contributed by atoms with van der Waals surface area (Å²) in [4.78, 5) is 25.4. The van der Waals surface area contributed by atoms with E-state index in [0.717, 1.165) is 43.9 Å². The zero-order valence-electron chi connectivity index (χ0n) is 13.1. The van der Waals surface area contributed by atoms with E-state index in [1.807, 2.05) is 0 Å². The lowest BCUT2D eigenvalue weighted by molar-refractivity contribution is -0.137. The van der Waals surface area contributed by atoms with Crippen molar-refractivity contribution in [2.75, 3.05) is 11.9 Å². The van der Waals surface area contributed by atoms with Gasteiger partial charge in [-0.2, -0.15) is 13.2 Å². The van der Waals surface area contributed by atoms with Gasteiger partial charge in [-0.3, -0.25) is 9.59 Å². The van der Waals surface area contributed by atoms with E-state index in [4.69, 9.17) is 11.6 Å². The van der Waals surface area contributed by atoms with Gasteiger partial charge in [-0.1, -0.05) is 24.4 Å². The maximum atomic E-state index is 12.7. The van der Waals surface area contributed by atoms with Gasteiger partial charge in [0.2, 0.25) is 11.8 Å². The molecule has 0 aliphatic heterocycles. The predicted molar refractivity (Wildman–Crippen MR) is 84.7 cm³/mol. The fraction of sp³-hybridized carbons (Fsp3) is 0.500. The summed E-state index contributed by atoms with van der Waals surface area (Å²) in [7, 11) is 0. The molecular formula is C16H18ClF3N2O2. The van der Waals surface area contributed by atoms with Crippen LogP contribution in [0.5, 0.6) is 0 Å². The third-order valence-corrected chi connectivity index (χ3v) is 4.38. The largest absolute Gasteiger partial charge is 0.416 e. The SMILES string of the molecule is CC(=O)N(CC(=O)Nc1cc(C(F)(F)F)ccc1Cl)C1CCCC1. The van der Waals surface area contributed by atoms with E-state index < -0.39 is 17.6 Å². The average Bonchev–Trinajstić information content (AvgIpc) is 2.99. The molecule has 2 rings (SSSR count). The number of nitrogens with zero attached hydrogens (tertiary/aromatic N) is 1. The highest BCUT2D eigenvalue weighted by Gasteiger charge is 2.31. The van der Waals surface area contributed by atoms with E-state index >= 15 is 0 Å². The minimum absolute atomic E-state index is 0.00484. The lowest BCUT2D eigenvalue weighted by Crippen LogP contribution is -2.42. The minimum atomic E-state index is -4.53. The van der Waals surface area contributed by atoms with Crippen molar-refractivity contribution in [1.29, 1.82) is 0 Å². The molecule has 4 nitrogen and oxygen atoms in total. The van der Waals surface area contributed by atoms with Crippen LogP contribution in [-0.2, 0) is 15.8 Å². The number of hydrogen-bond donors (Lipinski definition) is 1. The third kappa shape index (κ3) is 4.63. The van der Waals surface area contributed by atoms with E-state index in [1.165, 1.54) is 11.8 Å². The van der Waals surface area contributed by atoms with Crippen LogP contribution in [0.1, 0.15) is 38.2 Å². The smallest absolute Gasteiger partial charge is 0.331 e. The summed E-state index contributed by atoms with van der Waals surface area (Å²) in [5.74, 6) is -0.800. The van der Waals surface area contributed by atoms with E-state index in [0.29, 0.717) is 0 Å². The molecule has 1 fully saturated rings. The molecule has 1 saturated carbocycles. The molecule has 0 heterocycles. The number of amides is 2. The highest BCUT2D eigenvalue weighted by atomic mass is 35.5. The van der Waals surface area contributed by atoms with Gasteiger partial charge >= 0.3 is 6.18 Å². The van der Waals surface area contributed by atoms with Gasteiger partial charge < -0.3 is 10.2 Å². The molecule has 8 heteroatoms. The Bertz CT molecular complexity index is 628. The number of carbonyl (C=O) groups excluding carboxylic acids is 2. The fourth-order valence-electron chi connectivity index (χ4n) is 2.86. The third-order valence-electron chi connectivity index (χ3n) is 4.05. The summed E-state index contributed by atoms with van der Waals surface area (Å²) in [6.45, 7) is 1.18. The van der Waals surface area contributed by atoms with E-state index in [-0.39, 0.29) is 29.2 Å². The van der Waals surface area contributed by atoms with Crippen LogP contribution in [-0.4, -0.2) is 29.3 Å². The molecule has 1 N–H and O–H groups in total. The average molecular weight is 363 g/mol. The summed E-state index contributed by atoms with van der Waals surface area (Å²) in [5, 5.41) is 2.37. The van der Waals surface area contributed by atoms with Gasteiger partial charge in [0.15, 0.2) is 0 Å². The molecular weight excluding hydrogens is 345 g/mol. The van der Waals surface area contributed by atoms with Crippen molar-refractivity contribution in [3.8, 4) is 0 Å². The van der Waals surface area contributed by atoms with Crippen LogP contribution in [0.3, 0.4) is 0 Å². The van der Waals surface area contributed by atoms with Crippen LogP contribution in [0.2, 0.25) is 5.02 Å². The quantitative estimate of drug-likeness (QED) is 0.877. The Hall–Kier alpha value is -1.76. The number of anilines is 1. The molecule has 24 heavy (non-hydrogen) atoms. The first-order valence-corrected chi connectivity index (χ1v) is 8.00. The van der Waals surface area contributed by atoms with Crippen LogP contribution >= 0.6 is 11.6 Å². The lowest BCUT2D eigenvalue weighted by Gasteiger charge is -2.27. The van der Waals surface area contributed by atoms with E-state index in [1.54, 1.807) is 0 Å². The monoisotopic (exact) mass is 362 g/mol. The van der Waals surface area contributed by atoms with Crippen LogP contribution in [0.15, 0.2) is 18.2 Å². The highest BCUT2D eigenvalue weighted by molar-refractivity contribution is 6.33. The van der Waals surface area contributed by atoms with Crippen molar-refractivity contribution in [1.82, 2.24) is 4.90 Å². The minimum Gasteiger partial charge on any atom is -0.331 e. The topological polar surface area (TPSA) is 49.4 Å². The Labute approximate surface area is 143 Å². The van der Waals surface area contributed by atoms with Gasteiger partial charge in [-0.15, -0.1) is 0 Å². The number of benzene rings is 1. The van der Waals surface area contributed by atoms with Crippen molar-refractivity contribution in [2.45, 2.75) is 44.8 Å². The molecule has 0 spiro atoms. The molecule has 1 aliphatic rings. The van der Waals surface area contributed by atoms with Crippen molar-refractivity contribution in [3.05, 3.63) is 28.8 Å². The summed E-state index contributed by atoms with van der Waals surface area (Å²) < 4.78 is 38.2. The lowest BCUT2D eigenvalue weighted by atomic mass is 10.2. The molecule has 0 bridgehead atoms. The Morgan fingerprint density at radius 3 is 2.46 bits per heavy atom. The molecule has 132 valence electrons. The number of alkyl halides is 3. The summed E-state index contributed by atoms with van der Waals surface area (Å²) in [6, 6.07) is 2.72. The number of rotatable bonds is 4. The first-order chi connectivity index (χ1) is 11.2. The van der Waals surface area contributed by atoms with Crippen molar-refractivity contribution >= 4 is 29.1 Å². The van der Waals surface area contributed by atoms with Crippen LogP contribution in [0.4, 0.5) is 18.9 Å². The molecule has 0 saturated heterocycles. The van der Waals surface area contributed by atoms with Gasteiger partial charge in [0.25, 0.3) is 0 Å². The fourth-order valence-corrected chi connectivity index (χ4v) is 3.02. The number of nitrogens with one attached hydrogen (secondary N) is 1. The van der Waals surface area contributed by atoms with Gasteiger partial charge in [-0.05, 0) is 31.0 Å². The molecule has 1 aromatic carbocycles. The van der Waals surface area contributed by atoms with E-state index in [9.17, 15) is 22.8 Å². The number of halogens is 4. The van der Waals surface area contributed by atoms with Gasteiger partial charge in [0.05, 0.1) is 16.3 Å². The van der Waals surface area contributed by atoms with Crippen LogP contribution < -0.4 is 5.32 Å². The Morgan fingerprint density at radius 2 is 1.92 bits per heavy atom. The van der Waals surface area contributed by atoms with Crippen molar-refractivity contribution in [3.63, 3.8) is 0 Å².